The van der Waals surface area contributed by atoms with E-state index in [1.165, 1.54) is 0 Å². The largest absolute Gasteiger partial charge is 0.481 e. The lowest BCUT2D eigenvalue weighted by atomic mass is 10.2. The second-order valence-electron chi connectivity index (χ2n) is 21.5. The van der Waals surface area contributed by atoms with Gasteiger partial charge in [0.25, 0.3) is 11.7 Å². The van der Waals surface area contributed by atoms with E-state index in [0.29, 0.717) is 22.3 Å². The molecular formula is C66H76Cl4O24P8. The molecule has 5 N–H and O–H groups in total. The molecule has 0 amide bonds. The lowest BCUT2D eigenvalue weighted by molar-refractivity contribution is -0.143. The number of hydrogen-bond donors (Lipinski definition) is 5. The summed E-state index contributed by atoms with van der Waals surface area (Å²) in [4.78, 5) is 56.6. The SMILES string of the molecule is CCOC(=O)CC(P(=O)(OCc1ccccc1)OCc1ccccc1)P(=O)(OCc1ccccc1)OCc1ccccc1.O=C(O)CC(P(=O)(O)O)P(=O)(O)O.O=P(CP(=O)(OCc1ccccc1)OCc1ccccc1)(OCc1ccccc1)OCc1ccccc1.O=P(Cl)(Cl)CP(=O)(Cl)Cl. The summed E-state index contributed by atoms with van der Waals surface area (Å²) in [5.41, 5.74) is 6.12. The normalized spacial score (nSPS) is 12.2. The Labute approximate surface area is 610 Å². The van der Waals surface area contributed by atoms with Crippen molar-refractivity contribution in [2.24, 2.45) is 0 Å². The molecule has 36 heteroatoms. The second kappa shape index (κ2) is 43.7. The molecule has 0 fully saturated rings. The van der Waals surface area contributed by atoms with Crippen molar-refractivity contribution >= 4 is 114 Å². The fraction of sp³-hybridized carbons (Fsp3) is 0.242. The van der Waals surface area contributed by atoms with Gasteiger partial charge in [0.15, 0.2) is 16.7 Å². The zero-order valence-corrected chi connectivity index (χ0v) is 64.7. The third-order valence-corrected chi connectivity index (χ3v) is 33.8. The molecule has 8 rings (SSSR count). The van der Waals surface area contributed by atoms with Crippen LogP contribution in [0.5, 0.6) is 0 Å². The van der Waals surface area contributed by atoms with Crippen molar-refractivity contribution in [1.29, 1.82) is 0 Å². The number of carbonyl (C=O) groups excluding carboxylic acids is 1. The molecule has 0 aromatic heterocycles. The number of aliphatic carboxylic acids is 1. The zero-order chi connectivity index (χ0) is 74.8. The number of rotatable bonds is 37. The lowest BCUT2D eigenvalue weighted by Gasteiger charge is -2.32. The lowest BCUT2D eigenvalue weighted by Crippen LogP contribution is -2.22. The van der Waals surface area contributed by atoms with Crippen molar-refractivity contribution in [1.82, 2.24) is 0 Å². The van der Waals surface area contributed by atoms with E-state index in [0.717, 1.165) is 22.3 Å². The number of carboxylic acids is 1. The second-order valence-corrected chi connectivity index (χ2v) is 46.0. The van der Waals surface area contributed by atoms with Crippen molar-refractivity contribution in [2.45, 2.75) is 83.4 Å². The summed E-state index contributed by atoms with van der Waals surface area (Å²) < 4.78 is 152. The van der Waals surface area contributed by atoms with E-state index in [1.54, 1.807) is 55.5 Å². The molecule has 0 unspecified atom stereocenters. The monoisotopic (exact) mass is 1640 g/mol. The summed E-state index contributed by atoms with van der Waals surface area (Å²) in [5, 5.41) is 4.05. The molecule has 0 bridgehead atoms. The molecule has 0 spiro atoms. The summed E-state index contributed by atoms with van der Waals surface area (Å²) >= 11 is 20.0. The highest BCUT2D eigenvalue weighted by Crippen LogP contribution is 2.74. The summed E-state index contributed by atoms with van der Waals surface area (Å²) in [6.07, 6.45) is -1.84. The molecular weight excluding hydrogens is 1570 g/mol. The van der Waals surface area contributed by atoms with Crippen LogP contribution in [0, 0.1) is 0 Å². The Morgan fingerprint density at radius 2 is 0.529 bits per heavy atom. The van der Waals surface area contributed by atoms with E-state index in [4.69, 9.17) is 111 Å². The Balaban J connectivity index is 0.000000285. The molecule has 0 saturated heterocycles. The van der Waals surface area contributed by atoms with Crippen LogP contribution in [0.25, 0.3) is 0 Å². The Morgan fingerprint density at radius 1 is 0.324 bits per heavy atom. The van der Waals surface area contributed by atoms with Gasteiger partial charge >= 0.3 is 57.5 Å². The molecule has 552 valence electrons. The van der Waals surface area contributed by atoms with Gasteiger partial charge in [0.1, 0.15) is 5.90 Å². The van der Waals surface area contributed by atoms with Gasteiger partial charge in [0.2, 0.25) is 0 Å². The molecule has 8 aromatic carbocycles. The third kappa shape index (κ3) is 35.5. The molecule has 0 aliphatic rings. The Bertz CT molecular complexity index is 3750. The van der Waals surface area contributed by atoms with Crippen molar-refractivity contribution < 1.29 is 112 Å². The van der Waals surface area contributed by atoms with Crippen LogP contribution < -0.4 is 0 Å². The Kier molecular flexibility index (Phi) is 37.7. The summed E-state index contributed by atoms with van der Waals surface area (Å²) in [6, 6.07) is 73.8. The number of esters is 1. The zero-order valence-electron chi connectivity index (χ0n) is 54.5. The van der Waals surface area contributed by atoms with E-state index in [1.807, 2.05) is 194 Å². The van der Waals surface area contributed by atoms with E-state index >= 15 is 0 Å². The van der Waals surface area contributed by atoms with Crippen molar-refractivity contribution in [3.8, 4) is 0 Å². The number of ether oxygens (including phenoxy) is 1. The standard InChI is InChI=1S/C33H36O8P2.C29H30O6P2.C3H8O8P2.CH2Cl4O2P2/c1-2-37-32(34)23-33(42(35,38-24-28-15-7-3-8-16-28)39-25-29-17-9-4-10-18-29)43(36,40-26-30-19-11-5-12-20-30)41-27-31-21-13-6-14-22-31;30-36(32-21-26-13-5-1-6-14-26,33-22-27-15-7-2-8-16-27)25-37(31,34-23-28-17-9-3-10-18-28)35-24-29-19-11-4-12-20-29;4-2(5)1-3(12(6,7)8)13(9,10)11;2-8(3,6)1-9(4,5)7/h3-22,33H,2,23-27H2,1H3;1-20H,21-25H2;3H,1H2,(H,4,5)(H2,6,7,8)(H2,9,10,11);1H2. The molecule has 0 aliphatic heterocycles. The minimum Gasteiger partial charge on any atom is -0.481 e. The quantitative estimate of drug-likeness (QED) is 0.0178. The Hall–Kier alpha value is -4.78. The van der Waals surface area contributed by atoms with Crippen LogP contribution in [0.4, 0.5) is 0 Å². The number of carboxylic acid groups (broad SMARTS) is 1. The fourth-order valence-electron chi connectivity index (χ4n) is 8.36. The first kappa shape index (κ1) is 87.9. The first-order valence-corrected chi connectivity index (χ1v) is 47.9. The van der Waals surface area contributed by atoms with Gasteiger partial charge < -0.3 is 65.6 Å². The average molecular weight is 1640 g/mol. The van der Waals surface area contributed by atoms with Gasteiger partial charge in [0.05, 0.1) is 72.3 Å². The molecule has 24 nitrogen and oxygen atoms in total. The van der Waals surface area contributed by atoms with Crippen LogP contribution in [-0.2, 0) is 140 Å². The highest BCUT2D eigenvalue weighted by atomic mass is 35.9. The molecule has 0 atom stereocenters. The molecule has 8 aromatic rings. The van der Waals surface area contributed by atoms with Crippen molar-refractivity contribution in [3.05, 3.63) is 287 Å². The van der Waals surface area contributed by atoms with E-state index < -0.39 is 105 Å². The molecule has 0 saturated carbocycles. The smallest absolute Gasteiger partial charge is 0.347 e. The minimum atomic E-state index is -5.10. The molecule has 102 heavy (non-hydrogen) atoms. The van der Waals surface area contributed by atoms with Gasteiger partial charge in [-0.25, -0.2) is 0 Å². The summed E-state index contributed by atoms with van der Waals surface area (Å²) in [6.45, 7) is 1.37. The van der Waals surface area contributed by atoms with Crippen LogP contribution in [0.2, 0.25) is 0 Å². The van der Waals surface area contributed by atoms with Crippen LogP contribution >= 0.6 is 102 Å². The molecule has 0 aliphatic carbocycles. The van der Waals surface area contributed by atoms with Crippen LogP contribution in [0.15, 0.2) is 243 Å². The van der Waals surface area contributed by atoms with Gasteiger partial charge in [-0.1, -0.05) is 243 Å². The number of carbonyl (C=O) groups is 2. The topological polar surface area (TPSA) is 355 Å². The van der Waals surface area contributed by atoms with E-state index in [9.17, 15) is 46.1 Å². The predicted molar refractivity (Wildman–Crippen MR) is 394 cm³/mol. The van der Waals surface area contributed by atoms with E-state index in [2.05, 4.69) is 0 Å². The summed E-state index contributed by atoms with van der Waals surface area (Å²) in [5.74, 6) is -10.2. The van der Waals surface area contributed by atoms with Gasteiger partial charge in [0, 0.05) is 0 Å². The number of hydrogen-bond acceptors (Lipinski definition) is 19. The Morgan fingerprint density at radius 3 is 0.686 bits per heavy atom. The number of benzene rings is 8. The van der Waals surface area contributed by atoms with Crippen LogP contribution in [0.1, 0.15) is 64.3 Å². The van der Waals surface area contributed by atoms with Crippen LogP contribution in [-0.4, -0.2) is 65.8 Å². The maximum atomic E-state index is 14.9. The maximum Gasteiger partial charge on any atom is 0.347 e. The average Bonchev–Trinajstić information content (AvgIpc) is 0.440. The predicted octanol–water partition coefficient (Wildman–Crippen LogP) is 20.1. The van der Waals surface area contributed by atoms with Crippen molar-refractivity contribution in [3.63, 3.8) is 0 Å². The first-order chi connectivity index (χ1) is 48.2. The first-order valence-electron chi connectivity index (χ1n) is 30.5. The number of halogens is 4. The third-order valence-electron chi connectivity index (χ3n) is 13.3. The van der Waals surface area contributed by atoms with Crippen LogP contribution in [0.3, 0.4) is 0 Å². The van der Waals surface area contributed by atoms with E-state index in [-0.39, 0.29) is 59.5 Å². The highest BCUT2D eigenvalue weighted by molar-refractivity contribution is 8.21. The van der Waals surface area contributed by atoms with Gasteiger partial charge in [-0.2, -0.15) is 0 Å². The minimum absolute atomic E-state index is 0.0320. The van der Waals surface area contributed by atoms with Crippen molar-refractivity contribution in [2.75, 3.05) is 18.4 Å². The highest BCUT2D eigenvalue weighted by Gasteiger charge is 2.53. The summed E-state index contributed by atoms with van der Waals surface area (Å²) in [7, 11) is -26.9. The van der Waals surface area contributed by atoms with Gasteiger partial charge in [-0.3, -0.25) is 46.1 Å². The van der Waals surface area contributed by atoms with Gasteiger partial charge in [-0.15, -0.1) is 0 Å². The molecule has 0 radical (unpaired) electrons. The van der Waals surface area contributed by atoms with Gasteiger partial charge in [-0.05, 0) is 96.4 Å². The maximum absolute atomic E-state index is 14.9. The fourth-order valence-corrected chi connectivity index (χ4v) is 29.3. The molecule has 0 heterocycles.